The molecule has 19 heavy (non-hydrogen) atoms. The summed E-state index contributed by atoms with van der Waals surface area (Å²) in [7, 11) is 0. The van der Waals surface area contributed by atoms with Crippen LogP contribution in [-0.2, 0) is 4.74 Å². The first-order valence-electron chi connectivity index (χ1n) is 7.10. The van der Waals surface area contributed by atoms with Gasteiger partial charge in [-0.2, -0.15) is 0 Å². The summed E-state index contributed by atoms with van der Waals surface area (Å²) in [5.41, 5.74) is 2.69. The van der Waals surface area contributed by atoms with Crippen LogP contribution in [0, 0.1) is 0 Å². The van der Waals surface area contributed by atoms with E-state index in [1.807, 2.05) is 0 Å². The summed E-state index contributed by atoms with van der Waals surface area (Å²) in [5, 5.41) is 0. The molecule has 2 aromatic carbocycles. The summed E-state index contributed by atoms with van der Waals surface area (Å²) < 4.78 is 6.24. The number of rotatable bonds is 2. The third kappa shape index (κ3) is 2.71. The van der Waals surface area contributed by atoms with Gasteiger partial charge in [-0.05, 0) is 30.9 Å². The van der Waals surface area contributed by atoms with Gasteiger partial charge in [0.1, 0.15) is 0 Å². The minimum Gasteiger partial charge on any atom is -0.370 e. The van der Waals surface area contributed by atoms with Crippen molar-refractivity contribution in [3.05, 3.63) is 71.8 Å². The first-order valence-corrected chi connectivity index (χ1v) is 7.10. The Kier molecular flexibility index (Phi) is 3.65. The lowest BCUT2D eigenvalue weighted by molar-refractivity contribution is -0.0556. The molecule has 1 aliphatic rings. The fourth-order valence-corrected chi connectivity index (χ4v) is 2.97. The van der Waals surface area contributed by atoms with Crippen molar-refractivity contribution >= 4 is 0 Å². The fourth-order valence-electron chi connectivity index (χ4n) is 2.97. The second kappa shape index (κ2) is 5.58. The van der Waals surface area contributed by atoms with Crippen molar-refractivity contribution in [1.82, 2.24) is 0 Å². The fraction of sp³-hybridized carbons (Fsp3) is 0.333. The van der Waals surface area contributed by atoms with Crippen molar-refractivity contribution in [3.63, 3.8) is 0 Å². The van der Waals surface area contributed by atoms with Gasteiger partial charge in [0, 0.05) is 5.92 Å². The lowest BCUT2D eigenvalue weighted by atomic mass is 9.83. The second-order valence-electron chi connectivity index (χ2n) is 5.37. The van der Waals surface area contributed by atoms with Crippen LogP contribution in [0.25, 0.3) is 0 Å². The molecule has 2 aromatic rings. The molecular weight excluding hydrogens is 232 g/mol. The van der Waals surface area contributed by atoms with Crippen molar-refractivity contribution in [2.45, 2.75) is 37.9 Å². The van der Waals surface area contributed by atoms with Crippen LogP contribution in [0.3, 0.4) is 0 Å². The van der Waals surface area contributed by atoms with Gasteiger partial charge < -0.3 is 4.74 Å². The average molecular weight is 252 g/mol. The van der Waals surface area contributed by atoms with Crippen molar-refractivity contribution in [1.29, 1.82) is 0 Å². The summed E-state index contributed by atoms with van der Waals surface area (Å²) >= 11 is 0. The molecule has 0 aromatic heterocycles. The smallest absolute Gasteiger partial charge is 0.0897 e. The highest BCUT2D eigenvalue weighted by Gasteiger charge is 2.31. The Morgan fingerprint density at radius 1 is 0.789 bits per heavy atom. The molecule has 0 amide bonds. The van der Waals surface area contributed by atoms with E-state index in [0.717, 1.165) is 6.42 Å². The molecule has 0 spiro atoms. The van der Waals surface area contributed by atoms with E-state index >= 15 is 0 Å². The lowest BCUT2D eigenvalue weighted by Gasteiger charge is -2.36. The normalized spacial score (nSPS) is 27.1. The monoisotopic (exact) mass is 252 g/mol. The average Bonchev–Trinajstić information content (AvgIpc) is 2.49. The summed E-state index contributed by atoms with van der Waals surface area (Å²) in [6, 6.07) is 21.4. The molecule has 1 saturated heterocycles. The van der Waals surface area contributed by atoms with Crippen LogP contribution in [0.5, 0.6) is 0 Å². The van der Waals surface area contributed by atoms with Crippen LogP contribution in [0.1, 0.15) is 42.9 Å². The molecule has 1 nitrogen and oxygen atoms in total. The van der Waals surface area contributed by atoms with Crippen LogP contribution in [0.4, 0.5) is 0 Å². The third-order valence-corrected chi connectivity index (χ3v) is 3.98. The van der Waals surface area contributed by atoms with Gasteiger partial charge in [-0.25, -0.2) is 0 Å². The number of ether oxygens (including phenoxy) is 1. The molecule has 1 heterocycles. The highest BCUT2D eigenvalue weighted by molar-refractivity contribution is 5.27. The van der Waals surface area contributed by atoms with E-state index in [0.29, 0.717) is 12.0 Å². The van der Waals surface area contributed by atoms with E-state index in [1.165, 1.54) is 17.5 Å². The van der Waals surface area contributed by atoms with Crippen LogP contribution in [0.15, 0.2) is 60.7 Å². The number of hydrogen-bond acceptors (Lipinski definition) is 1. The molecule has 0 radical (unpaired) electrons. The first kappa shape index (κ1) is 12.4. The van der Waals surface area contributed by atoms with Gasteiger partial charge in [0.05, 0.1) is 12.2 Å². The largest absolute Gasteiger partial charge is 0.370 e. The van der Waals surface area contributed by atoms with Crippen molar-refractivity contribution in [3.8, 4) is 0 Å². The third-order valence-electron chi connectivity index (χ3n) is 3.98. The van der Waals surface area contributed by atoms with Crippen LogP contribution in [0.2, 0.25) is 0 Å². The molecule has 1 aliphatic heterocycles. The molecule has 1 fully saturated rings. The summed E-state index contributed by atoms with van der Waals surface area (Å²) in [6.45, 7) is 2.18. The van der Waals surface area contributed by atoms with Gasteiger partial charge in [-0.1, -0.05) is 60.7 Å². The Bertz CT molecular complexity index is 506. The molecule has 98 valence electrons. The van der Waals surface area contributed by atoms with E-state index in [1.54, 1.807) is 0 Å². The molecule has 3 rings (SSSR count). The van der Waals surface area contributed by atoms with E-state index in [-0.39, 0.29) is 6.10 Å². The van der Waals surface area contributed by atoms with Gasteiger partial charge in [0.25, 0.3) is 0 Å². The Morgan fingerprint density at radius 2 is 1.37 bits per heavy atom. The minimum atomic E-state index is 0.187. The van der Waals surface area contributed by atoms with Crippen LogP contribution in [-0.4, -0.2) is 6.10 Å². The van der Waals surface area contributed by atoms with Crippen LogP contribution >= 0.6 is 0 Å². The Balaban J connectivity index is 1.93. The van der Waals surface area contributed by atoms with Crippen molar-refractivity contribution in [2.75, 3.05) is 0 Å². The van der Waals surface area contributed by atoms with Gasteiger partial charge in [0.15, 0.2) is 0 Å². The Morgan fingerprint density at radius 3 is 2.00 bits per heavy atom. The first-order chi connectivity index (χ1) is 9.34. The maximum absolute atomic E-state index is 6.24. The van der Waals surface area contributed by atoms with Gasteiger partial charge in [-0.3, -0.25) is 0 Å². The van der Waals surface area contributed by atoms with E-state index in [4.69, 9.17) is 4.74 Å². The zero-order valence-corrected chi connectivity index (χ0v) is 11.3. The molecule has 1 heteroatoms. The molecule has 3 atom stereocenters. The maximum atomic E-state index is 6.24. The standard InChI is InChI=1S/C18H20O/c1-14-12-13-17(15-8-4-2-5-9-15)18(19-14)16-10-6-3-7-11-16/h2-11,14,17-18H,12-13H2,1H3/t14-,17+,18-/m0/s1. The molecule has 0 aliphatic carbocycles. The molecule has 0 N–H and O–H groups in total. The summed E-state index contributed by atoms with van der Waals surface area (Å²) in [4.78, 5) is 0. The van der Waals surface area contributed by atoms with E-state index in [2.05, 4.69) is 67.6 Å². The Hall–Kier alpha value is -1.60. The lowest BCUT2D eigenvalue weighted by Crippen LogP contribution is -2.26. The second-order valence-corrected chi connectivity index (χ2v) is 5.37. The summed E-state index contributed by atoms with van der Waals surface area (Å²) in [6.07, 6.45) is 2.88. The minimum absolute atomic E-state index is 0.187. The molecule has 0 saturated carbocycles. The molecule has 0 bridgehead atoms. The van der Waals surface area contributed by atoms with Gasteiger partial charge in [0.2, 0.25) is 0 Å². The Labute approximate surface area is 115 Å². The molecule has 0 unspecified atom stereocenters. The summed E-state index contributed by atoms with van der Waals surface area (Å²) in [5.74, 6) is 0.472. The number of benzene rings is 2. The van der Waals surface area contributed by atoms with E-state index < -0.39 is 0 Å². The predicted molar refractivity (Wildman–Crippen MR) is 78.1 cm³/mol. The van der Waals surface area contributed by atoms with Crippen LogP contribution < -0.4 is 0 Å². The number of hydrogen-bond donors (Lipinski definition) is 0. The zero-order chi connectivity index (χ0) is 13.1. The van der Waals surface area contributed by atoms with Crippen molar-refractivity contribution < 1.29 is 4.74 Å². The highest BCUT2D eigenvalue weighted by Crippen LogP contribution is 2.42. The predicted octanol–water partition coefficient (Wildman–Crippen LogP) is 4.71. The zero-order valence-electron chi connectivity index (χ0n) is 11.3. The highest BCUT2D eigenvalue weighted by atomic mass is 16.5. The SMILES string of the molecule is C[C@H]1CC[C@H](c2ccccc2)[C@H](c2ccccc2)O1. The quantitative estimate of drug-likeness (QED) is 0.752. The maximum Gasteiger partial charge on any atom is 0.0897 e. The van der Waals surface area contributed by atoms with Gasteiger partial charge in [-0.15, -0.1) is 0 Å². The van der Waals surface area contributed by atoms with Gasteiger partial charge >= 0.3 is 0 Å². The topological polar surface area (TPSA) is 9.23 Å². The van der Waals surface area contributed by atoms with E-state index in [9.17, 15) is 0 Å². The van der Waals surface area contributed by atoms with Crippen molar-refractivity contribution in [2.24, 2.45) is 0 Å². The molecular formula is C18H20O.